The van der Waals surface area contributed by atoms with Gasteiger partial charge < -0.3 is 5.32 Å². The molecule has 0 aliphatic rings. The van der Waals surface area contributed by atoms with Crippen LogP contribution < -0.4 is 5.32 Å². The second-order valence-corrected chi connectivity index (χ2v) is 5.47. The van der Waals surface area contributed by atoms with Gasteiger partial charge in [-0.1, -0.05) is 54.1 Å². The van der Waals surface area contributed by atoms with Crippen LogP contribution in [-0.4, -0.2) is 10.9 Å². The molecule has 0 spiro atoms. The highest BCUT2D eigenvalue weighted by molar-refractivity contribution is 5.91. The van der Waals surface area contributed by atoms with E-state index in [0.717, 1.165) is 22.2 Å². The third-order valence-electron chi connectivity index (χ3n) is 3.61. The second-order valence-electron chi connectivity index (χ2n) is 5.47. The van der Waals surface area contributed by atoms with Crippen molar-refractivity contribution in [2.75, 3.05) is 0 Å². The number of carbonyl (C=O) groups excluding carboxylic acids is 1. The van der Waals surface area contributed by atoms with Crippen molar-refractivity contribution in [2.45, 2.75) is 13.5 Å². The second kappa shape index (κ2) is 6.88. The van der Waals surface area contributed by atoms with Crippen LogP contribution in [0.15, 0.2) is 66.7 Å². The minimum absolute atomic E-state index is 0.125. The van der Waals surface area contributed by atoms with Gasteiger partial charge in [-0.05, 0) is 30.7 Å². The van der Waals surface area contributed by atoms with Crippen LogP contribution in [0.4, 0.5) is 0 Å². The molecule has 0 aliphatic carbocycles. The average molecular weight is 302 g/mol. The summed E-state index contributed by atoms with van der Waals surface area (Å²) in [5.74, 6) is -0.125. The molecule has 3 aromatic rings. The fraction of sp³-hybridized carbons (Fsp3) is 0.100. The third-order valence-corrected chi connectivity index (χ3v) is 3.61. The topological polar surface area (TPSA) is 42.0 Å². The zero-order valence-electron chi connectivity index (χ0n) is 13.0. The number of benzene rings is 2. The molecule has 1 aromatic heterocycles. The predicted octanol–water partition coefficient (Wildman–Crippen LogP) is 3.87. The van der Waals surface area contributed by atoms with E-state index < -0.39 is 0 Å². The molecule has 0 aliphatic heterocycles. The van der Waals surface area contributed by atoms with Crippen LogP contribution in [0.25, 0.3) is 17.0 Å². The molecule has 0 atom stereocenters. The number of pyridine rings is 1. The van der Waals surface area contributed by atoms with Crippen molar-refractivity contribution >= 4 is 22.9 Å². The quantitative estimate of drug-likeness (QED) is 0.743. The van der Waals surface area contributed by atoms with Gasteiger partial charge in [0.25, 0.3) is 0 Å². The summed E-state index contributed by atoms with van der Waals surface area (Å²) in [6, 6.07) is 19.9. The number of carbonyl (C=O) groups is 1. The average Bonchev–Trinajstić information content (AvgIpc) is 2.59. The number of amides is 1. The fourth-order valence-corrected chi connectivity index (χ4v) is 2.29. The normalized spacial score (nSPS) is 11.0. The summed E-state index contributed by atoms with van der Waals surface area (Å²) >= 11 is 0. The summed E-state index contributed by atoms with van der Waals surface area (Å²) < 4.78 is 0. The van der Waals surface area contributed by atoms with E-state index in [-0.39, 0.29) is 5.91 Å². The SMILES string of the molecule is Cc1ccc(CNC(=O)C=Cc2ccc3ccccc3n2)cc1. The van der Waals surface area contributed by atoms with Crippen LogP contribution in [0.3, 0.4) is 0 Å². The Morgan fingerprint density at radius 1 is 1.04 bits per heavy atom. The first kappa shape index (κ1) is 15.0. The predicted molar refractivity (Wildman–Crippen MR) is 93.8 cm³/mol. The van der Waals surface area contributed by atoms with E-state index in [1.165, 1.54) is 11.6 Å². The molecule has 1 amide bonds. The lowest BCUT2D eigenvalue weighted by molar-refractivity contribution is -0.116. The lowest BCUT2D eigenvalue weighted by Crippen LogP contribution is -2.20. The number of para-hydroxylation sites is 1. The molecule has 1 heterocycles. The van der Waals surface area contributed by atoms with Gasteiger partial charge >= 0.3 is 0 Å². The Balaban J connectivity index is 1.61. The molecular weight excluding hydrogens is 284 g/mol. The van der Waals surface area contributed by atoms with E-state index in [0.29, 0.717) is 6.54 Å². The summed E-state index contributed by atoms with van der Waals surface area (Å²) in [5, 5.41) is 3.96. The van der Waals surface area contributed by atoms with Crippen LogP contribution in [-0.2, 0) is 11.3 Å². The van der Waals surface area contributed by atoms with Crippen LogP contribution in [0.2, 0.25) is 0 Å². The zero-order chi connectivity index (χ0) is 16.1. The highest BCUT2D eigenvalue weighted by Gasteiger charge is 1.98. The van der Waals surface area contributed by atoms with Crippen molar-refractivity contribution in [3.63, 3.8) is 0 Å². The highest BCUT2D eigenvalue weighted by Crippen LogP contribution is 2.12. The van der Waals surface area contributed by atoms with Crippen molar-refractivity contribution in [1.82, 2.24) is 10.3 Å². The zero-order valence-corrected chi connectivity index (χ0v) is 13.0. The van der Waals surface area contributed by atoms with E-state index in [1.807, 2.05) is 67.6 Å². The molecule has 0 saturated heterocycles. The molecular formula is C20H18N2O. The Bertz CT molecular complexity index is 851. The standard InChI is InChI=1S/C20H18N2O/c1-15-6-8-16(9-7-15)14-21-20(23)13-12-18-11-10-17-4-2-3-5-19(17)22-18/h2-13H,14H2,1H3,(H,21,23). The fourth-order valence-electron chi connectivity index (χ4n) is 2.29. The van der Waals surface area contributed by atoms with E-state index in [9.17, 15) is 4.79 Å². The summed E-state index contributed by atoms with van der Waals surface area (Å²) in [5.41, 5.74) is 3.99. The number of rotatable bonds is 4. The first-order valence-electron chi connectivity index (χ1n) is 7.58. The Labute approximate surface area is 135 Å². The largest absolute Gasteiger partial charge is 0.348 e. The smallest absolute Gasteiger partial charge is 0.244 e. The number of fused-ring (bicyclic) bond motifs is 1. The minimum atomic E-state index is -0.125. The van der Waals surface area contributed by atoms with Crippen molar-refractivity contribution in [3.8, 4) is 0 Å². The number of hydrogen-bond donors (Lipinski definition) is 1. The monoisotopic (exact) mass is 302 g/mol. The molecule has 114 valence electrons. The van der Waals surface area contributed by atoms with E-state index in [4.69, 9.17) is 0 Å². The van der Waals surface area contributed by atoms with Gasteiger partial charge in [0.2, 0.25) is 5.91 Å². The van der Waals surface area contributed by atoms with Gasteiger partial charge in [0, 0.05) is 18.0 Å². The van der Waals surface area contributed by atoms with Crippen LogP contribution >= 0.6 is 0 Å². The molecule has 3 heteroatoms. The van der Waals surface area contributed by atoms with Crippen molar-refractivity contribution in [3.05, 3.63) is 83.6 Å². The summed E-state index contributed by atoms with van der Waals surface area (Å²) in [7, 11) is 0. The first-order chi connectivity index (χ1) is 11.2. The number of nitrogens with one attached hydrogen (secondary N) is 1. The van der Waals surface area contributed by atoms with Crippen molar-refractivity contribution < 1.29 is 4.79 Å². The van der Waals surface area contributed by atoms with E-state index >= 15 is 0 Å². The number of aryl methyl sites for hydroxylation is 1. The molecule has 0 saturated carbocycles. The highest BCUT2D eigenvalue weighted by atomic mass is 16.1. The summed E-state index contributed by atoms with van der Waals surface area (Å²) in [6.45, 7) is 2.57. The van der Waals surface area contributed by atoms with Gasteiger partial charge in [-0.2, -0.15) is 0 Å². The van der Waals surface area contributed by atoms with Crippen LogP contribution in [0.5, 0.6) is 0 Å². The van der Waals surface area contributed by atoms with E-state index in [2.05, 4.69) is 10.3 Å². The molecule has 0 radical (unpaired) electrons. The van der Waals surface area contributed by atoms with E-state index in [1.54, 1.807) is 6.08 Å². The molecule has 1 N–H and O–H groups in total. The summed E-state index contributed by atoms with van der Waals surface area (Å²) in [6.07, 6.45) is 3.25. The van der Waals surface area contributed by atoms with Gasteiger partial charge in [0.1, 0.15) is 0 Å². The van der Waals surface area contributed by atoms with Crippen molar-refractivity contribution in [2.24, 2.45) is 0 Å². The maximum atomic E-state index is 11.9. The maximum absolute atomic E-state index is 11.9. The van der Waals surface area contributed by atoms with Crippen LogP contribution in [0.1, 0.15) is 16.8 Å². The number of aromatic nitrogens is 1. The van der Waals surface area contributed by atoms with Crippen LogP contribution in [0, 0.1) is 6.92 Å². The molecule has 0 bridgehead atoms. The molecule has 0 unspecified atom stereocenters. The van der Waals surface area contributed by atoms with Gasteiger partial charge in [0.05, 0.1) is 11.2 Å². The Kier molecular flexibility index (Phi) is 4.48. The molecule has 3 nitrogen and oxygen atoms in total. The van der Waals surface area contributed by atoms with Gasteiger partial charge in [-0.15, -0.1) is 0 Å². The molecule has 23 heavy (non-hydrogen) atoms. The minimum Gasteiger partial charge on any atom is -0.348 e. The number of nitrogens with zero attached hydrogens (tertiary/aromatic N) is 1. The molecule has 0 fully saturated rings. The third kappa shape index (κ3) is 4.04. The van der Waals surface area contributed by atoms with Gasteiger partial charge in [0.15, 0.2) is 0 Å². The van der Waals surface area contributed by atoms with Gasteiger partial charge in [-0.3, -0.25) is 4.79 Å². The molecule has 2 aromatic carbocycles. The lowest BCUT2D eigenvalue weighted by Gasteiger charge is -2.03. The Hall–Kier alpha value is -2.94. The Morgan fingerprint density at radius 3 is 2.65 bits per heavy atom. The summed E-state index contributed by atoms with van der Waals surface area (Å²) in [4.78, 5) is 16.4. The molecule has 3 rings (SSSR count). The Morgan fingerprint density at radius 2 is 1.83 bits per heavy atom. The lowest BCUT2D eigenvalue weighted by atomic mass is 10.1. The van der Waals surface area contributed by atoms with Gasteiger partial charge in [-0.25, -0.2) is 4.98 Å². The maximum Gasteiger partial charge on any atom is 0.244 e. The van der Waals surface area contributed by atoms with Crippen molar-refractivity contribution in [1.29, 1.82) is 0 Å². The number of hydrogen-bond acceptors (Lipinski definition) is 2. The first-order valence-corrected chi connectivity index (χ1v) is 7.58.